The SMILES string of the molecule is CC1(C)Oc2cc3oc(CO)cc(=O)c3c(O)c2CC1OC1OC(CO)C(O)C(O)C1O. The number of ether oxygens (including phenoxy) is 3. The summed E-state index contributed by atoms with van der Waals surface area (Å²) in [5.41, 5.74) is -1.22. The highest BCUT2D eigenvalue weighted by Crippen LogP contribution is 2.43. The number of aromatic hydroxyl groups is 1. The van der Waals surface area contributed by atoms with Crippen LogP contribution in [0.5, 0.6) is 11.5 Å². The van der Waals surface area contributed by atoms with Gasteiger partial charge in [-0.1, -0.05) is 0 Å². The number of hydrogen-bond acceptors (Lipinski definition) is 11. The van der Waals surface area contributed by atoms with E-state index in [-0.39, 0.29) is 40.2 Å². The average molecular weight is 454 g/mol. The normalized spacial score (nSPS) is 31.8. The lowest BCUT2D eigenvalue weighted by Crippen LogP contribution is -2.61. The maximum atomic E-state index is 12.4. The molecule has 6 atom stereocenters. The summed E-state index contributed by atoms with van der Waals surface area (Å²) in [5.74, 6) is -0.0544. The van der Waals surface area contributed by atoms with Gasteiger partial charge in [-0.3, -0.25) is 4.79 Å². The lowest BCUT2D eigenvalue weighted by molar-refractivity contribution is -0.321. The van der Waals surface area contributed by atoms with Gasteiger partial charge in [0.2, 0.25) is 0 Å². The van der Waals surface area contributed by atoms with Crippen LogP contribution in [0.4, 0.5) is 0 Å². The second kappa shape index (κ2) is 8.27. The van der Waals surface area contributed by atoms with Gasteiger partial charge in [-0.15, -0.1) is 0 Å². The number of hydrogen-bond donors (Lipinski definition) is 6. The van der Waals surface area contributed by atoms with Crippen molar-refractivity contribution in [3.05, 3.63) is 33.7 Å². The van der Waals surface area contributed by atoms with E-state index in [2.05, 4.69) is 0 Å². The molecule has 0 radical (unpaired) electrons. The zero-order valence-electron chi connectivity index (χ0n) is 17.5. The molecule has 11 heteroatoms. The van der Waals surface area contributed by atoms with Crippen LogP contribution in [0.15, 0.2) is 21.3 Å². The van der Waals surface area contributed by atoms with Gasteiger partial charge in [0, 0.05) is 24.1 Å². The summed E-state index contributed by atoms with van der Waals surface area (Å²) in [6, 6.07) is 2.54. The van der Waals surface area contributed by atoms with E-state index in [1.165, 1.54) is 6.07 Å². The Labute approximate surface area is 182 Å². The van der Waals surface area contributed by atoms with Crippen molar-refractivity contribution in [3.63, 3.8) is 0 Å². The van der Waals surface area contributed by atoms with Gasteiger partial charge >= 0.3 is 0 Å². The van der Waals surface area contributed by atoms with E-state index in [1.54, 1.807) is 13.8 Å². The second-order valence-corrected chi connectivity index (χ2v) is 8.54. The summed E-state index contributed by atoms with van der Waals surface area (Å²) in [5, 5.41) is 59.6. The number of rotatable bonds is 4. The molecular weight excluding hydrogens is 428 g/mol. The zero-order valence-corrected chi connectivity index (χ0v) is 17.5. The Kier molecular flexibility index (Phi) is 5.92. The molecule has 1 fully saturated rings. The van der Waals surface area contributed by atoms with E-state index in [0.29, 0.717) is 0 Å². The largest absolute Gasteiger partial charge is 0.507 e. The van der Waals surface area contributed by atoms with Gasteiger partial charge in [0.25, 0.3) is 0 Å². The van der Waals surface area contributed by atoms with Crippen LogP contribution in [-0.2, 0) is 22.5 Å². The number of benzene rings is 1. The van der Waals surface area contributed by atoms with Crippen molar-refractivity contribution in [2.24, 2.45) is 0 Å². The molecule has 0 amide bonds. The quantitative estimate of drug-likeness (QED) is 0.330. The average Bonchev–Trinajstić information content (AvgIpc) is 2.74. The van der Waals surface area contributed by atoms with Crippen LogP contribution in [0.3, 0.4) is 0 Å². The summed E-state index contributed by atoms with van der Waals surface area (Å²) < 4.78 is 22.8. The fraction of sp³-hybridized carbons (Fsp3) is 0.571. The molecule has 2 aliphatic rings. The van der Waals surface area contributed by atoms with Crippen molar-refractivity contribution >= 4 is 11.0 Å². The number of phenols is 1. The molecule has 0 aliphatic carbocycles. The van der Waals surface area contributed by atoms with Gasteiger partial charge in [0.1, 0.15) is 71.0 Å². The minimum absolute atomic E-state index is 0.0424. The monoisotopic (exact) mass is 454 g/mol. The summed E-state index contributed by atoms with van der Waals surface area (Å²) in [7, 11) is 0. The fourth-order valence-corrected chi connectivity index (χ4v) is 4.07. The third-order valence-electron chi connectivity index (χ3n) is 5.95. The van der Waals surface area contributed by atoms with Crippen LogP contribution in [0.2, 0.25) is 0 Å². The third-order valence-corrected chi connectivity index (χ3v) is 5.95. The van der Waals surface area contributed by atoms with Crippen LogP contribution < -0.4 is 10.2 Å². The van der Waals surface area contributed by atoms with E-state index in [1.807, 2.05) is 0 Å². The van der Waals surface area contributed by atoms with Crippen molar-refractivity contribution in [2.75, 3.05) is 6.61 Å². The van der Waals surface area contributed by atoms with E-state index in [9.17, 15) is 35.4 Å². The Hall–Kier alpha value is -2.25. The topological polar surface area (TPSA) is 179 Å². The minimum Gasteiger partial charge on any atom is -0.507 e. The third kappa shape index (κ3) is 3.75. The van der Waals surface area contributed by atoms with Gasteiger partial charge in [-0.2, -0.15) is 0 Å². The van der Waals surface area contributed by atoms with E-state index >= 15 is 0 Å². The molecule has 1 aromatic heterocycles. The zero-order chi connectivity index (χ0) is 23.4. The van der Waals surface area contributed by atoms with Gasteiger partial charge in [0.05, 0.1) is 6.61 Å². The molecule has 6 N–H and O–H groups in total. The summed E-state index contributed by atoms with van der Waals surface area (Å²) >= 11 is 0. The molecule has 0 bridgehead atoms. The first-order chi connectivity index (χ1) is 15.1. The minimum atomic E-state index is -1.60. The molecule has 32 heavy (non-hydrogen) atoms. The summed E-state index contributed by atoms with van der Waals surface area (Å²) in [6.45, 7) is 2.32. The first-order valence-corrected chi connectivity index (χ1v) is 10.1. The Morgan fingerprint density at radius 3 is 2.50 bits per heavy atom. The van der Waals surface area contributed by atoms with Crippen LogP contribution >= 0.6 is 0 Å². The van der Waals surface area contributed by atoms with Crippen molar-refractivity contribution in [1.29, 1.82) is 0 Å². The highest BCUT2D eigenvalue weighted by Gasteiger charge is 2.48. The van der Waals surface area contributed by atoms with E-state index in [0.717, 1.165) is 6.07 Å². The van der Waals surface area contributed by atoms with Gasteiger partial charge in [0.15, 0.2) is 11.7 Å². The molecule has 6 unspecified atom stereocenters. The lowest BCUT2D eigenvalue weighted by atomic mass is 9.89. The maximum Gasteiger partial charge on any atom is 0.196 e. The van der Waals surface area contributed by atoms with Gasteiger partial charge in [-0.05, 0) is 13.8 Å². The Balaban J connectivity index is 1.68. The molecule has 1 saturated heterocycles. The van der Waals surface area contributed by atoms with Crippen LogP contribution in [-0.4, -0.2) is 79.7 Å². The summed E-state index contributed by atoms with van der Waals surface area (Å²) in [6.07, 6.45) is -8.01. The van der Waals surface area contributed by atoms with Crippen LogP contribution in [0, 0.1) is 0 Å². The van der Waals surface area contributed by atoms with E-state index < -0.39 is 61.1 Å². The molecule has 1 aromatic carbocycles. The number of fused-ring (bicyclic) bond motifs is 2. The Morgan fingerprint density at radius 2 is 1.84 bits per heavy atom. The second-order valence-electron chi connectivity index (χ2n) is 8.54. The molecular formula is C21H26O11. The Morgan fingerprint density at radius 1 is 1.12 bits per heavy atom. The molecule has 0 saturated carbocycles. The lowest BCUT2D eigenvalue weighted by Gasteiger charge is -2.45. The summed E-state index contributed by atoms with van der Waals surface area (Å²) in [4.78, 5) is 12.4. The van der Waals surface area contributed by atoms with E-state index in [4.69, 9.17) is 18.6 Å². The van der Waals surface area contributed by atoms with Crippen LogP contribution in [0.1, 0.15) is 25.2 Å². The van der Waals surface area contributed by atoms with Gasteiger partial charge < -0.3 is 49.3 Å². The van der Waals surface area contributed by atoms with Crippen molar-refractivity contribution in [2.45, 2.75) is 69.3 Å². The Bertz CT molecular complexity index is 1060. The maximum absolute atomic E-state index is 12.4. The first-order valence-electron chi connectivity index (χ1n) is 10.1. The molecule has 176 valence electrons. The predicted octanol–water partition coefficient (Wildman–Crippen LogP) is -1.11. The van der Waals surface area contributed by atoms with Gasteiger partial charge in [-0.25, -0.2) is 0 Å². The van der Waals surface area contributed by atoms with Crippen LogP contribution in [0.25, 0.3) is 11.0 Å². The molecule has 4 rings (SSSR count). The molecule has 0 spiro atoms. The van der Waals surface area contributed by atoms with Crippen molar-refractivity contribution in [1.82, 2.24) is 0 Å². The first kappa shape index (κ1) is 22.9. The molecule has 2 aliphatic heterocycles. The fourth-order valence-electron chi connectivity index (χ4n) is 4.07. The molecule has 11 nitrogen and oxygen atoms in total. The standard InChI is InChI=1S/C21H26O11/c1-21(2)14(31-20-19(28)18(27)17(26)13(7-23)30-20)4-9-11(32-21)5-12-15(16(9)25)10(24)3-8(6-22)29-12/h3,5,13-14,17-20,22-23,25-28H,4,6-7H2,1-2H3. The highest BCUT2D eigenvalue weighted by molar-refractivity contribution is 5.87. The molecule has 3 heterocycles. The highest BCUT2D eigenvalue weighted by atomic mass is 16.7. The molecule has 2 aromatic rings. The van der Waals surface area contributed by atoms with Crippen molar-refractivity contribution < 1.29 is 49.3 Å². The number of phenolic OH excluding ortho intramolecular Hbond substituents is 1. The van der Waals surface area contributed by atoms with Crippen molar-refractivity contribution in [3.8, 4) is 11.5 Å². The smallest absolute Gasteiger partial charge is 0.196 e. The predicted molar refractivity (Wildman–Crippen MR) is 107 cm³/mol. The number of aliphatic hydroxyl groups excluding tert-OH is 5. The number of aliphatic hydroxyl groups is 5.